The maximum atomic E-state index is 5.48. The molecule has 0 saturated heterocycles. The molecule has 2 atom stereocenters. The molecule has 2 rings (SSSR count). The van der Waals surface area contributed by atoms with Crippen LogP contribution in [0.3, 0.4) is 0 Å². The molecule has 2 heteroatoms. The fourth-order valence-electron chi connectivity index (χ4n) is 3.13. The van der Waals surface area contributed by atoms with Gasteiger partial charge < -0.3 is 10.1 Å². The molecule has 2 aliphatic rings. The summed E-state index contributed by atoms with van der Waals surface area (Å²) >= 11 is 0. The van der Waals surface area contributed by atoms with E-state index in [-0.39, 0.29) is 0 Å². The summed E-state index contributed by atoms with van der Waals surface area (Å²) < 4.78 is 5.48. The van der Waals surface area contributed by atoms with E-state index in [4.69, 9.17) is 4.74 Å². The Kier molecular flexibility index (Phi) is 4.26. The number of nitrogens with one attached hydrogen (secondary N) is 1. The number of methoxy groups -OCH3 is 1. The highest BCUT2D eigenvalue weighted by atomic mass is 16.5. The molecule has 2 nitrogen and oxygen atoms in total. The molecule has 16 heavy (non-hydrogen) atoms. The van der Waals surface area contributed by atoms with Crippen molar-refractivity contribution in [2.75, 3.05) is 13.7 Å². The van der Waals surface area contributed by atoms with Crippen molar-refractivity contribution in [2.24, 2.45) is 5.41 Å². The quantitative estimate of drug-likeness (QED) is 0.750. The van der Waals surface area contributed by atoms with Gasteiger partial charge in [0.1, 0.15) is 0 Å². The molecule has 2 aliphatic carbocycles. The van der Waals surface area contributed by atoms with Crippen molar-refractivity contribution in [2.45, 2.75) is 70.4 Å². The first-order valence-corrected chi connectivity index (χ1v) is 7.04. The Bertz CT molecular complexity index is 213. The molecule has 0 radical (unpaired) electrons. The van der Waals surface area contributed by atoms with Crippen LogP contribution in [0, 0.1) is 5.41 Å². The fraction of sp³-hybridized carbons (Fsp3) is 1.00. The van der Waals surface area contributed by atoms with Crippen LogP contribution in [-0.2, 0) is 4.74 Å². The number of rotatable bonds is 6. The second kappa shape index (κ2) is 5.50. The minimum atomic E-state index is 0.507. The van der Waals surface area contributed by atoms with Crippen LogP contribution in [0.15, 0.2) is 0 Å². The second-order valence-electron chi connectivity index (χ2n) is 5.85. The summed E-state index contributed by atoms with van der Waals surface area (Å²) in [4.78, 5) is 0. The molecule has 0 bridgehead atoms. The van der Waals surface area contributed by atoms with E-state index in [1.807, 2.05) is 7.11 Å². The second-order valence-corrected chi connectivity index (χ2v) is 5.85. The van der Waals surface area contributed by atoms with Gasteiger partial charge in [-0.3, -0.25) is 0 Å². The SMILES string of the molecule is CCCC1(CNC2CCCC(OC)C2)CC1. The van der Waals surface area contributed by atoms with E-state index in [1.165, 1.54) is 57.9 Å². The lowest BCUT2D eigenvalue weighted by Crippen LogP contribution is -2.39. The Labute approximate surface area is 100 Å². The van der Waals surface area contributed by atoms with Crippen molar-refractivity contribution in [1.82, 2.24) is 5.32 Å². The molecular formula is C14H27NO. The van der Waals surface area contributed by atoms with E-state index in [9.17, 15) is 0 Å². The molecule has 0 spiro atoms. The van der Waals surface area contributed by atoms with Crippen molar-refractivity contribution >= 4 is 0 Å². The van der Waals surface area contributed by atoms with E-state index >= 15 is 0 Å². The van der Waals surface area contributed by atoms with Crippen LogP contribution in [-0.4, -0.2) is 25.8 Å². The zero-order valence-corrected chi connectivity index (χ0v) is 10.9. The van der Waals surface area contributed by atoms with Crippen LogP contribution in [0.1, 0.15) is 58.3 Å². The molecule has 0 aromatic rings. The van der Waals surface area contributed by atoms with Gasteiger partial charge in [-0.25, -0.2) is 0 Å². The zero-order valence-electron chi connectivity index (χ0n) is 10.9. The van der Waals surface area contributed by atoms with Crippen LogP contribution < -0.4 is 5.32 Å². The predicted molar refractivity (Wildman–Crippen MR) is 67.6 cm³/mol. The Morgan fingerprint density at radius 1 is 1.31 bits per heavy atom. The Morgan fingerprint density at radius 3 is 2.75 bits per heavy atom. The van der Waals surface area contributed by atoms with Crippen LogP contribution in [0.25, 0.3) is 0 Å². The molecule has 1 N–H and O–H groups in total. The summed E-state index contributed by atoms with van der Waals surface area (Å²) in [5.41, 5.74) is 0.689. The first-order valence-electron chi connectivity index (χ1n) is 7.04. The van der Waals surface area contributed by atoms with Gasteiger partial charge >= 0.3 is 0 Å². The van der Waals surface area contributed by atoms with Gasteiger partial charge in [0.15, 0.2) is 0 Å². The van der Waals surface area contributed by atoms with E-state index < -0.39 is 0 Å². The molecule has 0 aromatic heterocycles. The zero-order chi connectivity index (χ0) is 11.4. The minimum Gasteiger partial charge on any atom is -0.381 e. The number of ether oxygens (including phenoxy) is 1. The van der Waals surface area contributed by atoms with Gasteiger partial charge in [-0.05, 0) is 50.4 Å². The van der Waals surface area contributed by atoms with Crippen molar-refractivity contribution in [3.63, 3.8) is 0 Å². The fourth-order valence-corrected chi connectivity index (χ4v) is 3.13. The molecule has 0 aromatic carbocycles. The number of hydrogen-bond donors (Lipinski definition) is 1. The van der Waals surface area contributed by atoms with Gasteiger partial charge in [0.25, 0.3) is 0 Å². The normalized spacial score (nSPS) is 32.6. The van der Waals surface area contributed by atoms with Crippen molar-refractivity contribution in [1.29, 1.82) is 0 Å². The Morgan fingerprint density at radius 2 is 2.12 bits per heavy atom. The maximum Gasteiger partial charge on any atom is 0.0586 e. The molecule has 2 fully saturated rings. The van der Waals surface area contributed by atoms with Gasteiger partial charge in [0, 0.05) is 19.7 Å². The third-order valence-corrected chi connectivity index (χ3v) is 4.46. The highest BCUT2D eigenvalue weighted by Crippen LogP contribution is 2.49. The largest absolute Gasteiger partial charge is 0.381 e. The summed E-state index contributed by atoms with van der Waals surface area (Å²) in [6.07, 6.45) is 11.3. The molecule has 94 valence electrons. The van der Waals surface area contributed by atoms with Crippen LogP contribution in [0.5, 0.6) is 0 Å². The van der Waals surface area contributed by atoms with Gasteiger partial charge in [0.2, 0.25) is 0 Å². The average molecular weight is 225 g/mol. The highest BCUT2D eigenvalue weighted by molar-refractivity contribution is 4.95. The lowest BCUT2D eigenvalue weighted by molar-refractivity contribution is 0.0579. The van der Waals surface area contributed by atoms with Gasteiger partial charge in [-0.2, -0.15) is 0 Å². The first-order chi connectivity index (χ1) is 7.78. The summed E-state index contributed by atoms with van der Waals surface area (Å²) in [5.74, 6) is 0. The van der Waals surface area contributed by atoms with E-state index in [1.54, 1.807) is 0 Å². The van der Waals surface area contributed by atoms with Crippen LogP contribution in [0.2, 0.25) is 0 Å². The molecule has 0 amide bonds. The average Bonchev–Trinajstić information content (AvgIpc) is 3.08. The first kappa shape index (κ1) is 12.4. The highest BCUT2D eigenvalue weighted by Gasteiger charge is 2.41. The lowest BCUT2D eigenvalue weighted by atomic mass is 9.91. The lowest BCUT2D eigenvalue weighted by Gasteiger charge is -2.30. The third-order valence-electron chi connectivity index (χ3n) is 4.46. The summed E-state index contributed by atoms with van der Waals surface area (Å²) in [6.45, 7) is 3.56. The van der Waals surface area contributed by atoms with Crippen LogP contribution >= 0.6 is 0 Å². The molecule has 0 heterocycles. The Hall–Kier alpha value is -0.0800. The molecule has 2 saturated carbocycles. The topological polar surface area (TPSA) is 21.3 Å². The van der Waals surface area contributed by atoms with Gasteiger partial charge in [-0.1, -0.05) is 13.3 Å². The maximum absolute atomic E-state index is 5.48. The smallest absolute Gasteiger partial charge is 0.0586 e. The summed E-state index contributed by atoms with van der Waals surface area (Å²) in [6, 6.07) is 0.716. The monoisotopic (exact) mass is 225 g/mol. The van der Waals surface area contributed by atoms with Crippen molar-refractivity contribution in [3.05, 3.63) is 0 Å². The van der Waals surface area contributed by atoms with Gasteiger partial charge in [0.05, 0.1) is 6.10 Å². The summed E-state index contributed by atoms with van der Waals surface area (Å²) in [5, 5.41) is 3.79. The predicted octanol–water partition coefficient (Wildman–Crippen LogP) is 3.11. The Balaban J connectivity index is 1.69. The molecular weight excluding hydrogens is 198 g/mol. The van der Waals surface area contributed by atoms with Gasteiger partial charge in [-0.15, -0.1) is 0 Å². The van der Waals surface area contributed by atoms with Crippen molar-refractivity contribution < 1.29 is 4.74 Å². The van der Waals surface area contributed by atoms with E-state index in [0.29, 0.717) is 17.6 Å². The molecule has 0 aliphatic heterocycles. The minimum absolute atomic E-state index is 0.507. The standard InChI is InChI=1S/C14H27NO/c1-3-7-14(8-9-14)11-15-12-5-4-6-13(10-12)16-2/h12-13,15H,3-11H2,1-2H3. The van der Waals surface area contributed by atoms with Crippen molar-refractivity contribution in [3.8, 4) is 0 Å². The third kappa shape index (κ3) is 3.21. The molecule has 2 unspecified atom stereocenters. The van der Waals surface area contributed by atoms with Crippen LogP contribution in [0.4, 0.5) is 0 Å². The number of hydrogen-bond acceptors (Lipinski definition) is 2. The van der Waals surface area contributed by atoms with E-state index in [2.05, 4.69) is 12.2 Å². The summed E-state index contributed by atoms with van der Waals surface area (Å²) in [7, 11) is 1.85. The van der Waals surface area contributed by atoms with E-state index in [0.717, 1.165) is 0 Å².